The number of benzene rings is 1. The number of aromatic carboxylic acids is 1. The Morgan fingerprint density at radius 2 is 2.00 bits per heavy atom. The number of carbonyl (C=O) groups excluding carboxylic acids is 1. The summed E-state index contributed by atoms with van der Waals surface area (Å²) in [6.07, 6.45) is 5.81. The first-order valence-corrected chi connectivity index (χ1v) is 8.84. The summed E-state index contributed by atoms with van der Waals surface area (Å²) in [6, 6.07) is 6.35. The van der Waals surface area contributed by atoms with Crippen LogP contribution in [0.25, 0.3) is 0 Å². The van der Waals surface area contributed by atoms with Crippen molar-refractivity contribution in [3.63, 3.8) is 0 Å². The quantitative estimate of drug-likeness (QED) is 0.821. The summed E-state index contributed by atoms with van der Waals surface area (Å²) < 4.78 is 7.47. The summed E-state index contributed by atoms with van der Waals surface area (Å²) in [6.45, 7) is 3.73. The molecular formula is C19H23N3O4. The van der Waals surface area contributed by atoms with Crippen molar-refractivity contribution in [3.05, 3.63) is 41.7 Å². The third kappa shape index (κ3) is 3.87. The number of nitrogens with zero attached hydrogens (tertiary/aromatic N) is 2. The average molecular weight is 357 g/mol. The SMILES string of the molecule is CC(C)Oc1ccc(C(=O)O)cc1NC(=O)c1ccnn1C1CCCC1. The molecule has 1 amide bonds. The van der Waals surface area contributed by atoms with Crippen molar-refractivity contribution in [2.75, 3.05) is 5.32 Å². The van der Waals surface area contributed by atoms with E-state index in [0.717, 1.165) is 25.7 Å². The van der Waals surface area contributed by atoms with E-state index in [4.69, 9.17) is 4.74 Å². The van der Waals surface area contributed by atoms with Gasteiger partial charge in [-0.3, -0.25) is 9.48 Å². The van der Waals surface area contributed by atoms with Gasteiger partial charge in [0.2, 0.25) is 0 Å². The van der Waals surface area contributed by atoms with Crippen molar-refractivity contribution in [1.29, 1.82) is 0 Å². The topological polar surface area (TPSA) is 93.4 Å². The van der Waals surface area contributed by atoms with Crippen LogP contribution in [0, 0.1) is 0 Å². The highest BCUT2D eigenvalue weighted by atomic mass is 16.5. The molecule has 1 saturated carbocycles. The lowest BCUT2D eigenvalue weighted by molar-refractivity contribution is 0.0696. The molecule has 26 heavy (non-hydrogen) atoms. The summed E-state index contributed by atoms with van der Waals surface area (Å²) in [5.41, 5.74) is 0.886. The van der Waals surface area contributed by atoms with Crippen molar-refractivity contribution in [2.45, 2.75) is 51.7 Å². The minimum Gasteiger partial charge on any atom is -0.489 e. The van der Waals surface area contributed by atoms with Crippen LogP contribution in [-0.2, 0) is 0 Å². The van der Waals surface area contributed by atoms with E-state index in [2.05, 4.69) is 10.4 Å². The van der Waals surface area contributed by atoms with Gasteiger partial charge in [0, 0.05) is 6.20 Å². The molecule has 7 nitrogen and oxygen atoms in total. The molecule has 7 heteroatoms. The van der Waals surface area contributed by atoms with Crippen molar-refractivity contribution in [1.82, 2.24) is 9.78 Å². The maximum atomic E-state index is 12.8. The second kappa shape index (κ2) is 7.59. The molecule has 2 aromatic rings. The normalized spacial score (nSPS) is 14.6. The Kier molecular flexibility index (Phi) is 5.25. The number of anilines is 1. The Morgan fingerprint density at radius 3 is 2.65 bits per heavy atom. The molecule has 1 heterocycles. The lowest BCUT2D eigenvalue weighted by atomic mass is 10.1. The molecule has 0 aliphatic heterocycles. The average Bonchev–Trinajstić information content (AvgIpc) is 3.26. The van der Waals surface area contributed by atoms with Gasteiger partial charge in [0.15, 0.2) is 0 Å². The van der Waals surface area contributed by atoms with Crippen LogP contribution in [0.15, 0.2) is 30.5 Å². The highest BCUT2D eigenvalue weighted by Gasteiger charge is 2.23. The van der Waals surface area contributed by atoms with Crippen LogP contribution in [0.3, 0.4) is 0 Å². The Balaban J connectivity index is 1.87. The third-order valence-electron chi connectivity index (χ3n) is 4.41. The standard InChI is InChI=1S/C19H23N3O4/c1-12(2)26-17-8-7-13(19(24)25)11-15(17)21-18(23)16-9-10-20-22(16)14-5-3-4-6-14/h7-12,14H,3-6H2,1-2H3,(H,21,23)(H,24,25). The second-order valence-corrected chi connectivity index (χ2v) is 6.74. The van der Waals surface area contributed by atoms with Gasteiger partial charge in [-0.25, -0.2) is 4.79 Å². The van der Waals surface area contributed by atoms with Gasteiger partial charge in [-0.15, -0.1) is 0 Å². The Labute approximate surface area is 152 Å². The summed E-state index contributed by atoms with van der Waals surface area (Å²) in [5, 5.41) is 16.3. The van der Waals surface area contributed by atoms with E-state index in [1.165, 1.54) is 12.1 Å². The van der Waals surface area contributed by atoms with E-state index in [1.807, 2.05) is 13.8 Å². The molecule has 2 N–H and O–H groups in total. The summed E-state index contributed by atoms with van der Waals surface area (Å²) >= 11 is 0. The van der Waals surface area contributed by atoms with Crippen molar-refractivity contribution < 1.29 is 19.4 Å². The molecule has 1 aromatic heterocycles. The van der Waals surface area contributed by atoms with Gasteiger partial charge in [0.05, 0.1) is 23.4 Å². The van der Waals surface area contributed by atoms with Crippen LogP contribution in [0.1, 0.15) is 66.4 Å². The number of amides is 1. The smallest absolute Gasteiger partial charge is 0.335 e. The Hall–Kier alpha value is -2.83. The van der Waals surface area contributed by atoms with Crippen LogP contribution < -0.4 is 10.1 Å². The van der Waals surface area contributed by atoms with E-state index in [9.17, 15) is 14.7 Å². The molecule has 1 aliphatic carbocycles. The zero-order valence-electron chi connectivity index (χ0n) is 14.9. The van der Waals surface area contributed by atoms with Crippen molar-refractivity contribution in [3.8, 4) is 5.75 Å². The number of nitrogens with one attached hydrogen (secondary N) is 1. The van der Waals surface area contributed by atoms with Gasteiger partial charge < -0.3 is 15.2 Å². The number of rotatable bonds is 6. The molecular weight excluding hydrogens is 334 g/mol. The lowest BCUT2D eigenvalue weighted by Gasteiger charge is -2.17. The van der Waals surface area contributed by atoms with E-state index in [1.54, 1.807) is 23.0 Å². The van der Waals surface area contributed by atoms with Gasteiger partial charge in [-0.2, -0.15) is 5.10 Å². The van der Waals surface area contributed by atoms with Crippen molar-refractivity contribution >= 4 is 17.6 Å². The molecule has 0 atom stereocenters. The fraction of sp³-hybridized carbons (Fsp3) is 0.421. The minimum atomic E-state index is -1.06. The number of carboxylic acids is 1. The van der Waals surface area contributed by atoms with E-state index in [0.29, 0.717) is 17.1 Å². The molecule has 0 bridgehead atoms. The van der Waals surface area contributed by atoms with Gasteiger partial charge >= 0.3 is 5.97 Å². The zero-order chi connectivity index (χ0) is 18.7. The predicted octanol–water partition coefficient (Wildman–Crippen LogP) is 3.74. The number of carbonyl (C=O) groups is 2. The summed E-state index contributed by atoms with van der Waals surface area (Å²) in [5.74, 6) is -0.955. The first-order chi connectivity index (χ1) is 12.5. The number of aromatic nitrogens is 2. The molecule has 138 valence electrons. The lowest BCUT2D eigenvalue weighted by Crippen LogP contribution is -2.21. The van der Waals surface area contributed by atoms with Crippen LogP contribution in [0.5, 0.6) is 5.75 Å². The fourth-order valence-corrected chi connectivity index (χ4v) is 3.24. The Bertz CT molecular complexity index is 807. The van der Waals surface area contributed by atoms with E-state index in [-0.39, 0.29) is 23.6 Å². The molecule has 0 unspecified atom stereocenters. The first kappa shape index (κ1) is 18.0. The summed E-state index contributed by atoms with van der Waals surface area (Å²) in [4.78, 5) is 24.1. The number of carboxylic acid groups (broad SMARTS) is 1. The van der Waals surface area contributed by atoms with Gasteiger partial charge in [0.25, 0.3) is 5.91 Å². The highest BCUT2D eigenvalue weighted by Crippen LogP contribution is 2.31. The van der Waals surface area contributed by atoms with E-state index < -0.39 is 5.97 Å². The maximum Gasteiger partial charge on any atom is 0.335 e. The molecule has 1 aromatic carbocycles. The molecule has 1 aliphatic rings. The fourth-order valence-electron chi connectivity index (χ4n) is 3.24. The number of ether oxygens (including phenoxy) is 1. The molecule has 1 fully saturated rings. The molecule has 0 saturated heterocycles. The molecule has 0 spiro atoms. The monoisotopic (exact) mass is 357 g/mol. The number of hydrogen-bond acceptors (Lipinski definition) is 4. The van der Waals surface area contributed by atoms with Gasteiger partial charge in [-0.05, 0) is 51.0 Å². The van der Waals surface area contributed by atoms with Gasteiger partial charge in [0.1, 0.15) is 11.4 Å². The van der Waals surface area contributed by atoms with Crippen LogP contribution >= 0.6 is 0 Å². The Morgan fingerprint density at radius 1 is 1.27 bits per heavy atom. The van der Waals surface area contributed by atoms with Crippen LogP contribution in [0.4, 0.5) is 5.69 Å². The van der Waals surface area contributed by atoms with E-state index >= 15 is 0 Å². The predicted molar refractivity (Wildman–Crippen MR) is 96.9 cm³/mol. The highest BCUT2D eigenvalue weighted by molar-refractivity contribution is 6.04. The maximum absolute atomic E-state index is 12.8. The van der Waals surface area contributed by atoms with Crippen molar-refractivity contribution in [2.24, 2.45) is 0 Å². The van der Waals surface area contributed by atoms with Gasteiger partial charge in [-0.1, -0.05) is 12.8 Å². The summed E-state index contributed by atoms with van der Waals surface area (Å²) in [7, 11) is 0. The van der Waals surface area contributed by atoms with Crippen LogP contribution in [-0.4, -0.2) is 32.9 Å². The largest absolute Gasteiger partial charge is 0.489 e. The first-order valence-electron chi connectivity index (χ1n) is 8.84. The molecule has 0 radical (unpaired) electrons. The third-order valence-corrected chi connectivity index (χ3v) is 4.41. The molecule has 3 rings (SSSR count). The second-order valence-electron chi connectivity index (χ2n) is 6.74. The van der Waals surface area contributed by atoms with Crippen LogP contribution in [0.2, 0.25) is 0 Å². The minimum absolute atomic E-state index is 0.0840. The number of hydrogen-bond donors (Lipinski definition) is 2. The zero-order valence-corrected chi connectivity index (χ0v) is 14.9.